The van der Waals surface area contributed by atoms with E-state index in [0.717, 1.165) is 22.3 Å². The molecule has 0 aromatic heterocycles. The predicted molar refractivity (Wildman–Crippen MR) is 88.3 cm³/mol. The maximum atomic E-state index is 9.39. The minimum atomic E-state index is -0.176. The Morgan fingerprint density at radius 3 is 1.24 bits per heavy atom. The van der Waals surface area contributed by atoms with Crippen LogP contribution < -0.4 is 0 Å². The van der Waals surface area contributed by atoms with Gasteiger partial charge in [-0.1, -0.05) is 75.5 Å². The van der Waals surface area contributed by atoms with E-state index in [-0.39, 0.29) is 16.9 Å². The van der Waals surface area contributed by atoms with E-state index in [1.807, 2.05) is 48.5 Å². The molecule has 0 unspecified atom stereocenters. The monoisotopic (exact) mass is 280 g/mol. The van der Waals surface area contributed by atoms with Gasteiger partial charge in [0.05, 0.1) is 0 Å². The first-order chi connectivity index (χ1) is 9.82. The molecule has 0 heterocycles. The van der Waals surface area contributed by atoms with Gasteiger partial charge in [0.15, 0.2) is 0 Å². The molecule has 0 saturated carbocycles. The molecular formula is C19H20O2. The average Bonchev–Trinajstić information content (AvgIpc) is 2.47. The van der Waals surface area contributed by atoms with Gasteiger partial charge < -0.3 is 10.2 Å². The van der Waals surface area contributed by atoms with Crippen LogP contribution in [-0.2, 0) is 5.41 Å². The Hall–Kier alpha value is -2.48. The van der Waals surface area contributed by atoms with Gasteiger partial charge >= 0.3 is 0 Å². The Balaban J connectivity index is 2.36. The molecule has 2 heteroatoms. The Bertz CT molecular complexity index is 602. The normalized spacial score (nSPS) is 11.1. The lowest BCUT2D eigenvalue weighted by molar-refractivity contribution is 0.513. The topological polar surface area (TPSA) is 40.5 Å². The van der Waals surface area contributed by atoms with E-state index < -0.39 is 0 Å². The van der Waals surface area contributed by atoms with Gasteiger partial charge in [-0.2, -0.15) is 0 Å². The maximum absolute atomic E-state index is 9.39. The van der Waals surface area contributed by atoms with Gasteiger partial charge in [0.25, 0.3) is 0 Å². The summed E-state index contributed by atoms with van der Waals surface area (Å²) in [6.07, 6.45) is 0. The third-order valence-electron chi connectivity index (χ3n) is 3.88. The molecule has 2 aromatic carbocycles. The summed E-state index contributed by atoms with van der Waals surface area (Å²) in [6, 6.07) is 15.4. The second-order valence-corrected chi connectivity index (χ2v) is 5.67. The summed E-state index contributed by atoms with van der Waals surface area (Å²) in [5.74, 6) is 0.148. The standard InChI is InChI=1S/C19H20O2/c1-13(20)15-5-9-17(10-6-15)19(3,4)18-11-7-16(8-12-18)14(2)21/h5-12,20-21H,1-2H2,3-4H3. The number of benzene rings is 2. The Morgan fingerprint density at radius 2 is 1.00 bits per heavy atom. The highest BCUT2D eigenvalue weighted by Gasteiger charge is 2.23. The fourth-order valence-corrected chi connectivity index (χ4v) is 2.33. The lowest BCUT2D eigenvalue weighted by Gasteiger charge is -2.26. The molecule has 0 fully saturated rings. The molecule has 21 heavy (non-hydrogen) atoms. The van der Waals surface area contributed by atoms with Gasteiger partial charge in [-0.3, -0.25) is 0 Å². The summed E-state index contributed by atoms with van der Waals surface area (Å²) in [6.45, 7) is 11.3. The molecule has 0 bridgehead atoms. The predicted octanol–water partition coefficient (Wildman–Crippen LogP) is 5.07. The zero-order valence-corrected chi connectivity index (χ0v) is 12.4. The highest BCUT2D eigenvalue weighted by atomic mass is 16.3. The van der Waals surface area contributed by atoms with Crippen LogP contribution in [0.25, 0.3) is 11.5 Å². The molecule has 0 aliphatic carbocycles. The second kappa shape index (κ2) is 5.49. The first kappa shape index (κ1) is 14.9. The lowest BCUT2D eigenvalue weighted by atomic mass is 9.77. The molecule has 2 N–H and O–H groups in total. The molecule has 2 rings (SSSR count). The average molecular weight is 280 g/mol. The number of rotatable bonds is 4. The largest absolute Gasteiger partial charge is 0.508 e. The van der Waals surface area contributed by atoms with Crippen molar-refractivity contribution in [2.75, 3.05) is 0 Å². The van der Waals surface area contributed by atoms with Crippen LogP contribution in [0.3, 0.4) is 0 Å². The van der Waals surface area contributed by atoms with Crippen molar-refractivity contribution in [1.82, 2.24) is 0 Å². The fraction of sp³-hybridized carbons (Fsp3) is 0.158. The minimum absolute atomic E-state index is 0.0742. The van der Waals surface area contributed by atoms with Crippen molar-refractivity contribution in [1.29, 1.82) is 0 Å². The first-order valence-corrected chi connectivity index (χ1v) is 6.80. The SMILES string of the molecule is C=C(O)c1ccc(C(C)(C)c2ccc(C(=C)O)cc2)cc1. The van der Waals surface area contributed by atoms with Gasteiger partial charge in [-0.15, -0.1) is 0 Å². The van der Waals surface area contributed by atoms with Crippen LogP contribution in [0, 0.1) is 0 Å². The summed E-state index contributed by atoms with van der Waals surface area (Å²) < 4.78 is 0. The molecule has 0 amide bonds. The molecule has 0 atom stereocenters. The van der Waals surface area contributed by atoms with Gasteiger partial charge in [0.1, 0.15) is 11.5 Å². The highest BCUT2D eigenvalue weighted by molar-refractivity contribution is 5.58. The summed E-state index contributed by atoms with van der Waals surface area (Å²) >= 11 is 0. The van der Waals surface area contributed by atoms with Crippen LogP contribution in [0.15, 0.2) is 61.7 Å². The van der Waals surface area contributed by atoms with Crippen LogP contribution in [0.4, 0.5) is 0 Å². The first-order valence-electron chi connectivity index (χ1n) is 6.80. The van der Waals surface area contributed by atoms with Crippen LogP contribution in [0.5, 0.6) is 0 Å². The smallest absolute Gasteiger partial charge is 0.115 e. The van der Waals surface area contributed by atoms with E-state index in [2.05, 4.69) is 27.0 Å². The lowest BCUT2D eigenvalue weighted by Crippen LogP contribution is -2.18. The molecule has 0 spiro atoms. The van der Waals surface area contributed by atoms with E-state index in [1.54, 1.807) is 0 Å². The van der Waals surface area contributed by atoms with Crippen LogP contribution in [0.2, 0.25) is 0 Å². The minimum Gasteiger partial charge on any atom is -0.508 e. The number of aliphatic hydroxyl groups is 2. The Labute approximate surface area is 125 Å². The van der Waals surface area contributed by atoms with Crippen molar-refractivity contribution in [3.05, 3.63) is 83.9 Å². The molecular weight excluding hydrogens is 260 g/mol. The molecule has 0 aliphatic rings. The molecule has 0 saturated heterocycles. The number of hydrogen-bond donors (Lipinski definition) is 2. The van der Waals surface area contributed by atoms with Crippen LogP contribution in [0.1, 0.15) is 36.1 Å². The van der Waals surface area contributed by atoms with Gasteiger partial charge in [-0.05, 0) is 11.1 Å². The van der Waals surface area contributed by atoms with Crippen molar-refractivity contribution >= 4 is 11.5 Å². The van der Waals surface area contributed by atoms with E-state index in [1.165, 1.54) is 0 Å². The van der Waals surface area contributed by atoms with E-state index in [4.69, 9.17) is 0 Å². The summed E-state index contributed by atoms with van der Waals surface area (Å²) in [5.41, 5.74) is 3.55. The molecule has 0 aliphatic heterocycles. The van der Waals surface area contributed by atoms with Crippen LogP contribution in [-0.4, -0.2) is 10.2 Å². The molecule has 0 radical (unpaired) electrons. The number of hydrogen-bond acceptors (Lipinski definition) is 2. The molecule has 2 nitrogen and oxygen atoms in total. The van der Waals surface area contributed by atoms with Crippen LogP contribution >= 0.6 is 0 Å². The fourth-order valence-electron chi connectivity index (χ4n) is 2.33. The van der Waals surface area contributed by atoms with Gasteiger partial charge in [-0.25, -0.2) is 0 Å². The summed E-state index contributed by atoms with van der Waals surface area (Å²) in [4.78, 5) is 0. The van der Waals surface area contributed by atoms with Gasteiger partial charge in [0.2, 0.25) is 0 Å². The van der Waals surface area contributed by atoms with E-state index in [0.29, 0.717) is 0 Å². The Kier molecular flexibility index (Phi) is 3.90. The van der Waals surface area contributed by atoms with Crippen molar-refractivity contribution in [2.24, 2.45) is 0 Å². The zero-order chi connectivity index (χ0) is 15.6. The molecule has 108 valence electrons. The van der Waals surface area contributed by atoms with Crippen molar-refractivity contribution in [3.8, 4) is 0 Å². The maximum Gasteiger partial charge on any atom is 0.115 e. The van der Waals surface area contributed by atoms with Crippen molar-refractivity contribution in [3.63, 3.8) is 0 Å². The quantitative estimate of drug-likeness (QED) is 0.768. The van der Waals surface area contributed by atoms with E-state index >= 15 is 0 Å². The summed E-state index contributed by atoms with van der Waals surface area (Å²) in [5, 5.41) is 18.8. The Morgan fingerprint density at radius 1 is 0.714 bits per heavy atom. The zero-order valence-electron chi connectivity index (χ0n) is 12.4. The van der Waals surface area contributed by atoms with E-state index in [9.17, 15) is 10.2 Å². The number of aliphatic hydroxyl groups excluding tert-OH is 2. The second-order valence-electron chi connectivity index (χ2n) is 5.67. The van der Waals surface area contributed by atoms with Crippen molar-refractivity contribution in [2.45, 2.75) is 19.3 Å². The third-order valence-corrected chi connectivity index (χ3v) is 3.88. The van der Waals surface area contributed by atoms with Gasteiger partial charge in [0, 0.05) is 16.5 Å². The highest BCUT2D eigenvalue weighted by Crippen LogP contribution is 2.32. The summed E-state index contributed by atoms with van der Waals surface area (Å²) in [7, 11) is 0. The van der Waals surface area contributed by atoms with Crippen molar-refractivity contribution < 1.29 is 10.2 Å². The third kappa shape index (κ3) is 3.00. The molecule has 2 aromatic rings.